The Hall–Kier alpha value is -1.46. The van der Waals surface area contributed by atoms with E-state index in [9.17, 15) is 0 Å². The normalized spacial score (nSPS) is 11.9. The summed E-state index contributed by atoms with van der Waals surface area (Å²) >= 11 is 0. The third kappa shape index (κ3) is 3.60. The third-order valence-corrected chi connectivity index (χ3v) is 2.38. The van der Waals surface area contributed by atoms with Gasteiger partial charge in [0.1, 0.15) is 5.75 Å². The lowest BCUT2D eigenvalue weighted by atomic mass is 10.1. The Morgan fingerprint density at radius 2 is 2.25 bits per heavy atom. The second kappa shape index (κ2) is 6.19. The van der Waals surface area contributed by atoms with Gasteiger partial charge in [0.15, 0.2) is 0 Å². The molecule has 16 heavy (non-hydrogen) atoms. The first-order valence-corrected chi connectivity index (χ1v) is 5.57. The van der Waals surface area contributed by atoms with Crippen molar-refractivity contribution >= 4 is 0 Å². The first-order chi connectivity index (χ1) is 7.65. The van der Waals surface area contributed by atoms with Crippen molar-refractivity contribution in [3.8, 4) is 18.1 Å². The molecule has 0 unspecified atom stereocenters. The van der Waals surface area contributed by atoms with Crippen LogP contribution in [0, 0.1) is 19.3 Å². The predicted molar refractivity (Wildman–Crippen MR) is 67.3 cm³/mol. The molecular weight excluding hydrogens is 198 g/mol. The third-order valence-electron chi connectivity index (χ3n) is 2.38. The summed E-state index contributed by atoms with van der Waals surface area (Å²) in [5.74, 6) is 3.47. The Morgan fingerprint density at radius 1 is 1.50 bits per heavy atom. The average Bonchev–Trinajstić information content (AvgIpc) is 2.26. The number of ether oxygens (including phenoxy) is 1. The minimum absolute atomic E-state index is 0.0115. The highest BCUT2D eigenvalue weighted by Gasteiger charge is 2.07. The molecule has 0 fully saturated rings. The summed E-state index contributed by atoms with van der Waals surface area (Å²) in [5.41, 5.74) is 8.16. The molecule has 0 spiro atoms. The molecule has 2 N–H and O–H groups in total. The fourth-order valence-electron chi connectivity index (χ4n) is 1.51. The molecule has 0 saturated carbocycles. The Labute approximate surface area is 97.8 Å². The van der Waals surface area contributed by atoms with Crippen LogP contribution in [-0.2, 0) is 0 Å². The molecule has 0 aliphatic carbocycles. The second-order valence-corrected chi connectivity index (χ2v) is 3.99. The summed E-state index contributed by atoms with van der Waals surface area (Å²) < 4.78 is 5.68. The monoisotopic (exact) mass is 217 g/mol. The first kappa shape index (κ1) is 12.6. The maximum absolute atomic E-state index is 5.90. The van der Waals surface area contributed by atoms with Crippen molar-refractivity contribution in [3.05, 3.63) is 29.3 Å². The lowest BCUT2D eigenvalue weighted by Gasteiger charge is -2.14. The van der Waals surface area contributed by atoms with Crippen LogP contribution in [-0.4, -0.2) is 6.61 Å². The lowest BCUT2D eigenvalue weighted by molar-refractivity contribution is 0.308. The van der Waals surface area contributed by atoms with Crippen LogP contribution in [0.5, 0.6) is 5.75 Å². The second-order valence-electron chi connectivity index (χ2n) is 3.99. The van der Waals surface area contributed by atoms with Gasteiger partial charge in [-0.05, 0) is 26.3 Å². The molecule has 0 aromatic heterocycles. The smallest absolute Gasteiger partial charge is 0.124 e. The van der Waals surface area contributed by atoms with Crippen molar-refractivity contribution in [2.75, 3.05) is 6.61 Å². The maximum Gasteiger partial charge on any atom is 0.124 e. The number of terminal acetylenes is 1. The van der Waals surface area contributed by atoms with Gasteiger partial charge in [0.2, 0.25) is 0 Å². The van der Waals surface area contributed by atoms with Crippen LogP contribution >= 0.6 is 0 Å². The van der Waals surface area contributed by atoms with Gasteiger partial charge in [-0.3, -0.25) is 0 Å². The van der Waals surface area contributed by atoms with Gasteiger partial charge in [-0.15, -0.1) is 12.3 Å². The summed E-state index contributed by atoms with van der Waals surface area (Å²) in [6.07, 6.45) is 6.81. The molecule has 0 radical (unpaired) electrons. The summed E-state index contributed by atoms with van der Waals surface area (Å²) in [5, 5.41) is 0. The van der Waals surface area contributed by atoms with E-state index in [-0.39, 0.29) is 6.04 Å². The minimum atomic E-state index is -0.0115. The molecule has 86 valence electrons. The number of nitrogens with two attached hydrogens (primary N) is 1. The van der Waals surface area contributed by atoms with Crippen LogP contribution in [0.1, 0.15) is 36.9 Å². The van der Waals surface area contributed by atoms with E-state index < -0.39 is 0 Å². The molecule has 1 aromatic carbocycles. The van der Waals surface area contributed by atoms with Gasteiger partial charge in [-0.1, -0.05) is 17.7 Å². The van der Waals surface area contributed by atoms with Crippen molar-refractivity contribution in [3.63, 3.8) is 0 Å². The van der Waals surface area contributed by atoms with Gasteiger partial charge < -0.3 is 10.5 Å². The van der Waals surface area contributed by atoms with Gasteiger partial charge in [0.25, 0.3) is 0 Å². The van der Waals surface area contributed by atoms with Crippen molar-refractivity contribution in [2.45, 2.75) is 32.7 Å². The van der Waals surface area contributed by atoms with Crippen LogP contribution in [0.25, 0.3) is 0 Å². The van der Waals surface area contributed by atoms with Crippen LogP contribution in [0.15, 0.2) is 18.2 Å². The van der Waals surface area contributed by atoms with E-state index in [2.05, 4.69) is 12.0 Å². The number of unbranched alkanes of at least 4 members (excludes halogenated alkanes) is 1. The summed E-state index contributed by atoms with van der Waals surface area (Å²) in [6, 6.07) is 6.07. The fourth-order valence-corrected chi connectivity index (χ4v) is 1.51. The molecule has 0 saturated heterocycles. The molecule has 0 heterocycles. The van der Waals surface area contributed by atoms with Gasteiger partial charge in [0.05, 0.1) is 6.61 Å². The topological polar surface area (TPSA) is 35.2 Å². The zero-order valence-corrected chi connectivity index (χ0v) is 9.99. The quantitative estimate of drug-likeness (QED) is 0.608. The Morgan fingerprint density at radius 3 is 2.88 bits per heavy atom. The average molecular weight is 217 g/mol. The SMILES string of the molecule is C#CCCCOc1ccc(C)cc1[C@H](C)N. The van der Waals surface area contributed by atoms with Crippen molar-refractivity contribution < 1.29 is 4.74 Å². The van der Waals surface area contributed by atoms with E-state index in [4.69, 9.17) is 16.9 Å². The number of hydrogen-bond acceptors (Lipinski definition) is 2. The van der Waals surface area contributed by atoms with E-state index in [1.54, 1.807) is 0 Å². The minimum Gasteiger partial charge on any atom is -0.493 e. The fraction of sp³-hybridized carbons (Fsp3) is 0.429. The number of hydrogen-bond donors (Lipinski definition) is 1. The van der Waals surface area contributed by atoms with E-state index in [0.717, 1.165) is 24.2 Å². The van der Waals surface area contributed by atoms with E-state index in [1.807, 2.05) is 26.0 Å². The van der Waals surface area contributed by atoms with Gasteiger partial charge in [-0.2, -0.15) is 0 Å². The highest BCUT2D eigenvalue weighted by Crippen LogP contribution is 2.25. The lowest BCUT2D eigenvalue weighted by Crippen LogP contribution is -2.09. The van der Waals surface area contributed by atoms with E-state index in [0.29, 0.717) is 6.61 Å². The zero-order chi connectivity index (χ0) is 12.0. The van der Waals surface area contributed by atoms with Gasteiger partial charge >= 0.3 is 0 Å². The van der Waals surface area contributed by atoms with E-state index >= 15 is 0 Å². The van der Waals surface area contributed by atoms with Crippen LogP contribution in [0.2, 0.25) is 0 Å². The molecule has 1 atom stereocenters. The standard InChI is InChI=1S/C14H19NO/c1-4-5-6-9-16-14-8-7-11(2)10-13(14)12(3)15/h1,7-8,10,12H,5-6,9,15H2,2-3H3/t12-/m0/s1. The van der Waals surface area contributed by atoms with Gasteiger partial charge in [0, 0.05) is 18.0 Å². The van der Waals surface area contributed by atoms with Crippen molar-refractivity contribution in [1.29, 1.82) is 0 Å². The van der Waals surface area contributed by atoms with Crippen molar-refractivity contribution in [2.24, 2.45) is 5.73 Å². The molecular formula is C14H19NO. The number of rotatable bonds is 5. The highest BCUT2D eigenvalue weighted by atomic mass is 16.5. The summed E-state index contributed by atoms with van der Waals surface area (Å²) in [6.45, 7) is 4.66. The number of aryl methyl sites for hydroxylation is 1. The highest BCUT2D eigenvalue weighted by molar-refractivity contribution is 5.38. The zero-order valence-electron chi connectivity index (χ0n) is 9.99. The number of benzene rings is 1. The summed E-state index contributed by atoms with van der Waals surface area (Å²) in [4.78, 5) is 0. The molecule has 0 aliphatic rings. The molecule has 0 amide bonds. The predicted octanol–water partition coefficient (Wildman–Crippen LogP) is 2.81. The van der Waals surface area contributed by atoms with Crippen LogP contribution < -0.4 is 10.5 Å². The summed E-state index contributed by atoms with van der Waals surface area (Å²) in [7, 11) is 0. The van der Waals surface area contributed by atoms with Gasteiger partial charge in [-0.25, -0.2) is 0 Å². The Balaban J connectivity index is 2.68. The largest absolute Gasteiger partial charge is 0.493 e. The molecule has 0 aliphatic heterocycles. The molecule has 2 nitrogen and oxygen atoms in total. The molecule has 1 aromatic rings. The molecule has 0 bridgehead atoms. The van der Waals surface area contributed by atoms with Crippen LogP contribution in [0.3, 0.4) is 0 Å². The van der Waals surface area contributed by atoms with Crippen molar-refractivity contribution in [1.82, 2.24) is 0 Å². The molecule has 2 heteroatoms. The van der Waals surface area contributed by atoms with Crippen LogP contribution in [0.4, 0.5) is 0 Å². The maximum atomic E-state index is 5.90. The van der Waals surface area contributed by atoms with E-state index in [1.165, 1.54) is 5.56 Å². The Kier molecular flexibility index (Phi) is 4.88. The first-order valence-electron chi connectivity index (χ1n) is 5.57. The molecule has 1 rings (SSSR count). The Bertz CT molecular complexity index is 377.